The summed E-state index contributed by atoms with van der Waals surface area (Å²) in [6, 6.07) is 26.0. The molecule has 0 aromatic heterocycles. The molecule has 0 radical (unpaired) electrons. The van der Waals surface area contributed by atoms with Gasteiger partial charge in [0, 0.05) is 23.5 Å². The van der Waals surface area contributed by atoms with Gasteiger partial charge in [-0.05, 0) is 80.8 Å². The molecular weight excluding hydrogens is 665 g/mol. The van der Waals surface area contributed by atoms with E-state index in [-0.39, 0.29) is 34.5 Å². The largest absolute Gasteiger partial charge is 0.350 e. The summed E-state index contributed by atoms with van der Waals surface area (Å²) in [4.78, 5) is 30.0. The summed E-state index contributed by atoms with van der Waals surface area (Å²) in [7, 11) is -4.25. The van der Waals surface area contributed by atoms with E-state index in [1.165, 1.54) is 23.1 Å². The van der Waals surface area contributed by atoms with Gasteiger partial charge in [0.05, 0.1) is 20.6 Å². The molecule has 7 nitrogen and oxygen atoms in total. The summed E-state index contributed by atoms with van der Waals surface area (Å²) in [6.07, 6.45) is 0.178. The Bertz CT molecular complexity index is 1800. The Labute approximate surface area is 286 Å². The van der Waals surface area contributed by atoms with Crippen LogP contribution in [0.4, 0.5) is 5.69 Å². The second-order valence-electron chi connectivity index (χ2n) is 12.0. The Balaban J connectivity index is 1.86. The molecule has 0 aliphatic carbocycles. The van der Waals surface area contributed by atoms with Crippen LogP contribution in [0.15, 0.2) is 102 Å². The number of rotatable bonds is 11. The minimum absolute atomic E-state index is 0.00418. The first-order valence-corrected chi connectivity index (χ1v) is 17.2. The minimum atomic E-state index is -4.25. The van der Waals surface area contributed by atoms with E-state index in [1.54, 1.807) is 55.5 Å². The van der Waals surface area contributed by atoms with E-state index in [0.29, 0.717) is 21.2 Å². The lowest BCUT2D eigenvalue weighted by Gasteiger charge is -2.35. The molecule has 0 heterocycles. The van der Waals surface area contributed by atoms with Crippen molar-refractivity contribution in [3.63, 3.8) is 0 Å². The van der Waals surface area contributed by atoms with Crippen LogP contribution in [0.1, 0.15) is 37.5 Å². The molecule has 1 atom stereocenters. The molecule has 4 aromatic carbocycles. The van der Waals surface area contributed by atoms with Crippen LogP contribution < -0.4 is 9.62 Å². The second-order valence-corrected chi connectivity index (χ2v) is 15.1. The van der Waals surface area contributed by atoms with Crippen LogP contribution in [0.3, 0.4) is 0 Å². The zero-order valence-corrected chi connectivity index (χ0v) is 29.1. The quantitative estimate of drug-likeness (QED) is 0.174. The summed E-state index contributed by atoms with van der Waals surface area (Å²) in [5, 5.41) is 3.94. The van der Waals surface area contributed by atoms with Gasteiger partial charge in [0.2, 0.25) is 11.8 Å². The number of nitrogens with zero attached hydrogens (tertiary/aromatic N) is 2. The van der Waals surface area contributed by atoms with Crippen molar-refractivity contribution in [2.24, 2.45) is 0 Å². The van der Waals surface area contributed by atoms with E-state index >= 15 is 0 Å². The summed E-state index contributed by atoms with van der Waals surface area (Å²) in [5.41, 5.74) is 1.67. The van der Waals surface area contributed by atoms with Gasteiger partial charge in [0.1, 0.15) is 12.6 Å². The first kappa shape index (κ1) is 35.3. The van der Waals surface area contributed by atoms with Gasteiger partial charge < -0.3 is 10.2 Å². The highest BCUT2D eigenvalue weighted by atomic mass is 35.5. The number of nitrogens with one attached hydrogen (secondary N) is 1. The topological polar surface area (TPSA) is 86.8 Å². The molecule has 46 heavy (non-hydrogen) atoms. The number of carbonyl (C=O) groups is 2. The molecule has 0 fully saturated rings. The molecule has 242 valence electrons. The highest BCUT2D eigenvalue weighted by Crippen LogP contribution is 2.31. The number of hydrogen-bond acceptors (Lipinski definition) is 4. The highest BCUT2D eigenvalue weighted by Gasteiger charge is 2.36. The summed E-state index contributed by atoms with van der Waals surface area (Å²) < 4.78 is 29.4. The van der Waals surface area contributed by atoms with E-state index in [4.69, 9.17) is 34.8 Å². The molecular formula is C35H36Cl3N3O4S. The van der Waals surface area contributed by atoms with Gasteiger partial charge in [-0.25, -0.2) is 8.42 Å². The second kappa shape index (κ2) is 14.9. The Morgan fingerprint density at radius 1 is 0.804 bits per heavy atom. The number of benzene rings is 4. The van der Waals surface area contributed by atoms with E-state index in [2.05, 4.69) is 5.32 Å². The number of aryl methyl sites for hydroxylation is 1. The van der Waals surface area contributed by atoms with Crippen molar-refractivity contribution in [3.8, 4) is 0 Å². The smallest absolute Gasteiger partial charge is 0.264 e. The fourth-order valence-corrected chi connectivity index (χ4v) is 6.90. The predicted molar refractivity (Wildman–Crippen MR) is 186 cm³/mol. The Morgan fingerprint density at radius 2 is 1.43 bits per heavy atom. The van der Waals surface area contributed by atoms with Gasteiger partial charge in [-0.3, -0.25) is 13.9 Å². The molecule has 0 aliphatic rings. The molecule has 4 rings (SSSR count). The monoisotopic (exact) mass is 699 g/mol. The first-order chi connectivity index (χ1) is 21.7. The van der Waals surface area contributed by atoms with Gasteiger partial charge in [-0.2, -0.15) is 0 Å². The van der Waals surface area contributed by atoms with Crippen molar-refractivity contribution >= 4 is 62.3 Å². The van der Waals surface area contributed by atoms with Crippen LogP contribution in [0.2, 0.25) is 15.1 Å². The number of anilines is 1. The zero-order valence-electron chi connectivity index (χ0n) is 26.0. The molecule has 0 saturated carbocycles. The zero-order chi connectivity index (χ0) is 33.6. The normalized spacial score (nSPS) is 12.3. The van der Waals surface area contributed by atoms with Crippen LogP contribution in [0.25, 0.3) is 0 Å². The van der Waals surface area contributed by atoms with E-state index < -0.39 is 34.1 Å². The van der Waals surface area contributed by atoms with Gasteiger partial charge in [-0.15, -0.1) is 0 Å². The molecule has 11 heteroatoms. The van der Waals surface area contributed by atoms with Crippen LogP contribution in [-0.2, 0) is 32.6 Å². The third-order valence-electron chi connectivity index (χ3n) is 7.16. The average molecular weight is 701 g/mol. The number of sulfonamides is 1. The Hall–Kier alpha value is -3.56. The van der Waals surface area contributed by atoms with Gasteiger partial charge in [0.15, 0.2) is 0 Å². The third-order valence-corrected chi connectivity index (χ3v) is 9.90. The lowest BCUT2D eigenvalue weighted by atomic mass is 10.0. The molecule has 4 aromatic rings. The Morgan fingerprint density at radius 3 is 2.04 bits per heavy atom. The number of carbonyl (C=O) groups excluding carboxylic acids is 2. The molecule has 0 bridgehead atoms. The maximum absolute atomic E-state index is 14.6. The van der Waals surface area contributed by atoms with Crippen molar-refractivity contribution in [1.29, 1.82) is 0 Å². The standard InChI is InChI=1S/C35H36Cl3N3O4S/c1-24-15-17-27(36)21-31(24)41(46(44,45)28-13-9-6-10-14-28)23-33(42)40(22-26-16-18-29(37)30(38)19-26)32(34(43)39-35(2,3)4)20-25-11-7-5-8-12-25/h5-19,21,32H,20,22-23H2,1-4H3,(H,39,43)/t32-/m0/s1. The Kier molecular flexibility index (Phi) is 11.4. The maximum atomic E-state index is 14.6. The lowest BCUT2D eigenvalue weighted by molar-refractivity contribution is -0.140. The van der Waals surface area contributed by atoms with E-state index in [0.717, 1.165) is 9.87 Å². The first-order valence-electron chi connectivity index (χ1n) is 14.6. The molecule has 0 saturated heterocycles. The van der Waals surface area contributed by atoms with Gasteiger partial charge in [-0.1, -0.05) is 95.5 Å². The average Bonchev–Trinajstić information content (AvgIpc) is 3.00. The number of amides is 2. The van der Waals surface area contributed by atoms with Crippen LogP contribution >= 0.6 is 34.8 Å². The molecule has 0 unspecified atom stereocenters. The lowest BCUT2D eigenvalue weighted by Crippen LogP contribution is -2.56. The molecule has 0 spiro atoms. The van der Waals surface area contributed by atoms with E-state index in [9.17, 15) is 18.0 Å². The third kappa shape index (κ3) is 9.04. The molecule has 1 N–H and O–H groups in total. The summed E-state index contributed by atoms with van der Waals surface area (Å²) in [5.74, 6) is -0.990. The van der Waals surface area contributed by atoms with Gasteiger partial charge >= 0.3 is 0 Å². The minimum Gasteiger partial charge on any atom is -0.350 e. The fraction of sp³-hybridized carbons (Fsp3) is 0.257. The van der Waals surface area contributed by atoms with Crippen molar-refractivity contribution in [3.05, 3.63) is 129 Å². The summed E-state index contributed by atoms with van der Waals surface area (Å²) in [6.45, 7) is 6.65. The van der Waals surface area contributed by atoms with Crippen molar-refractivity contribution in [2.75, 3.05) is 10.8 Å². The van der Waals surface area contributed by atoms with E-state index in [1.807, 2.05) is 51.1 Å². The van der Waals surface area contributed by atoms with Crippen LogP contribution in [0, 0.1) is 6.92 Å². The van der Waals surface area contributed by atoms with Crippen LogP contribution in [0.5, 0.6) is 0 Å². The van der Waals surface area contributed by atoms with Crippen molar-refractivity contribution in [1.82, 2.24) is 10.2 Å². The highest BCUT2D eigenvalue weighted by molar-refractivity contribution is 7.92. The molecule has 2 amide bonds. The maximum Gasteiger partial charge on any atom is 0.264 e. The SMILES string of the molecule is Cc1ccc(Cl)cc1N(CC(=O)N(Cc1ccc(Cl)c(Cl)c1)[C@@H](Cc1ccccc1)C(=O)NC(C)(C)C)S(=O)(=O)c1ccccc1. The molecule has 0 aliphatic heterocycles. The van der Waals surface area contributed by atoms with Gasteiger partial charge in [0.25, 0.3) is 10.0 Å². The summed E-state index contributed by atoms with van der Waals surface area (Å²) >= 11 is 18.9. The fourth-order valence-electron chi connectivity index (χ4n) is 4.93. The van der Waals surface area contributed by atoms with Crippen LogP contribution in [-0.4, -0.2) is 43.3 Å². The van der Waals surface area contributed by atoms with Crippen molar-refractivity contribution in [2.45, 2.75) is 57.1 Å². The van der Waals surface area contributed by atoms with Crippen molar-refractivity contribution < 1.29 is 18.0 Å². The predicted octanol–water partition coefficient (Wildman–Crippen LogP) is 7.71. The number of halogens is 3. The number of hydrogen-bond donors (Lipinski definition) is 1.